The summed E-state index contributed by atoms with van der Waals surface area (Å²) in [6, 6.07) is 20.7. The van der Waals surface area contributed by atoms with E-state index >= 15 is 0 Å². The first-order chi connectivity index (χ1) is 17.9. The fourth-order valence-electron chi connectivity index (χ4n) is 3.70. The molecule has 1 aromatic heterocycles. The van der Waals surface area contributed by atoms with Gasteiger partial charge in [-0.3, -0.25) is 4.79 Å². The van der Waals surface area contributed by atoms with Crippen molar-refractivity contribution in [3.05, 3.63) is 66.7 Å². The fraction of sp³-hybridized carbons (Fsp3) is 0.214. The van der Waals surface area contributed by atoms with Crippen LogP contribution in [0.4, 0.5) is 5.69 Å². The third-order valence-corrected chi connectivity index (χ3v) is 6.73. The van der Waals surface area contributed by atoms with Crippen LogP contribution in [0.3, 0.4) is 0 Å². The number of anilines is 1. The van der Waals surface area contributed by atoms with Crippen LogP contribution in [0, 0.1) is 0 Å². The van der Waals surface area contributed by atoms with Gasteiger partial charge in [-0.25, -0.2) is 4.98 Å². The van der Waals surface area contributed by atoms with E-state index in [0.29, 0.717) is 22.3 Å². The first-order valence-corrected chi connectivity index (χ1v) is 12.4. The summed E-state index contributed by atoms with van der Waals surface area (Å²) < 4.78 is 21.3. The number of imidazole rings is 1. The molecule has 0 aliphatic heterocycles. The summed E-state index contributed by atoms with van der Waals surface area (Å²) in [5.74, 6) is 2.51. The van der Waals surface area contributed by atoms with Gasteiger partial charge in [0.15, 0.2) is 5.16 Å². The van der Waals surface area contributed by atoms with E-state index in [1.807, 2.05) is 55.5 Å². The van der Waals surface area contributed by atoms with E-state index < -0.39 is 5.25 Å². The summed E-state index contributed by atoms with van der Waals surface area (Å²) in [6.45, 7) is 1.83. The number of aromatic amines is 1. The normalized spacial score (nSPS) is 11.5. The van der Waals surface area contributed by atoms with Crippen LogP contribution >= 0.6 is 11.8 Å². The Hall–Kier alpha value is -4.11. The van der Waals surface area contributed by atoms with E-state index in [-0.39, 0.29) is 5.91 Å². The quantitative estimate of drug-likeness (QED) is 0.252. The van der Waals surface area contributed by atoms with Gasteiger partial charge in [0.1, 0.15) is 23.0 Å². The van der Waals surface area contributed by atoms with Gasteiger partial charge < -0.3 is 29.2 Å². The van der Waals surface area contributed by atoms with E-state index in [2.05, 4.69) is 10.3 Å². The van der Waals surface area contributed by atoms with Gasteiger partial charge in [-0.1, -0.05) is 11.8 Å². The summed E-state index contributed by atoms with van der Waals surface area (Å²) in [4.78, 5) is 21.3. The standard InChI is InChI=1S/C28H29N3O5S/c1-17(27(32)29-23-16-22(35-4)14-15-24(23)36-5)37-28-30-25(18-6-10-20(33-2)11-7-18)26(31-28)19-8-12-21(34-3)13-9-19/h6-17H,1-5H3,(H,29,32)(H,30,31). The van der Waals surface area contributed by atoms with Crippen molar-refractivity contribution in [2.45, 2.75) is 17.3 Å². The van der Waals surface area contributed by atoms with Crippen molar-refractivity contribution in [1.82, 2.24) is 9.97 Å². The second kappa shape index (κ2) is 11.7. The number of benzene rings is 3. The highest BCUT2D eigenvalue weighted by molar-refractivity contribution is 8.00. The minimum atomic E-state index is -0.450. The van der Waals surface area contributed by atoms with Gasteiger partial charge in [-0.05, 0) is 67.6 Å². The Morgan fingerprint density at radius 3 is 1.95 bits per heavy atom. The molecule has 37 heavy (non-hydrogen) atoms. The predicted octanol–water partition coefficient (Wildman–Crippen LogP) is 5.90. The second-order valence-electron chi connectivity index (χ2n) is 8.04. The zero-order valence-electron chi connectivity index (χ0n) is 21.3. The number of hydrogen-bond donors (Lipinski definition) is 2. The van der Waals surface area contributed by atoms with E-state index in [1.54, 1.807) is 46.6 Å². The molecule has 0 aliphatic carbocycles. The van der Waals surface area contributed by atoms with Crippen LogP contribution in [0.5, 0.6) is 23.0 Å². The summed E-state index contributed by atoms with van der Waals surface area (Å²) in [7, 11) is 6.40. The number of H-pyrrole nitrogens is 1. The molecule has 0 fully saturated rings. The van der Waals surface area contributed by atoms with Crippen LogP contribution in [0.25, 0.3) is 22.5 Å². The van der Waals surface area contributed by atoms with Crippen LogP contribution in [-0.2, 0) is 4.79 Å². The zero-order chi connectivity index (χ0) is 26.4. The number of aromatic nitrogens is 2. The smallest absolute Gasteiger partial charge is 0.237 e. The van der Waals surface area contributed by atoms with Gasteiger partial charge >= 0.3 is 0 Å². The third-order valence-electron chi connectivity index (χ3n) is 5.75. The lowest BCUT2D eigenvalue weighted by Crippen LogP contribution is -2.22. The highest BCUT2D eigenvalue weighted by atomic mass is 32.2. The number of carbonyl (C=O) groups excluding carboxylic acids is 1. The van der Waals surface area contributed by atoms with Crippen molar-refractivity contribution >= 4 is 23.4 Å². The molecule has 1 atom stereocenters. The lowest BCUT2D eigenvalue weighted by Gasteiger charge is -2.14. The van der Waals surface area contributed by atoms with E-state index in [9.17, 15) is 4.79 Å². The molecule has 0 spiro atoms. The average molecular weight is 520 g/mol. The number of hydrogen-bond acceptors (Lipinski definition) is 7. The van der Waals surface area contributed by atoms with Crippen molar-refractivity contribution in [3.63, 3.8) is 0 Å². The molecule has 0 saturated heterocycles. The molecule has 2 N–H and O–H groups in total. The largest absolute Gasteiger partial charge is 0.497 e. The Morgan fingerprint density at radius 2 is 1.38 bits per heavy atom. The van der Waals surface area contributed by atoms with Crippen molar-refractivity contribution < 1.29 is 23.7 Å². The van der Waals surface area contributed by atoms with E-state index in [4.69, 9.17) is 23.9 Å². The zero-order valence-corrected chi connectivity index (χ0v) is 22.1. The highest BCUT2D eigenvalue weighted by Gasteiger charge is 2.21. The molecule has 0 bridgehead atoms. The lowest BCUT2D eigenvalue weighted by molar-refractivity contribution is -0.115. The Bertz CT molecular complexity index is 1290. The molecule has 8 nitrogen and oxygen atoms in total. The van der Waals surface area contributed by atoms with Gasteiger partial charge in [-0.2, -0.15) is 0 Å². The first-order valence-electron chi connectivity index (χ1n) is 11.5. The first kappa shape index (κ1) is 26.0. The summed E-state index contributed by atoms with van der Waals surface area (Å²) in [6.07, 6.45) is 0. The molecule has 192 valence electrons. The Labute approximate surface area is 220 Å². The van der Waals surface area contributed by atoms with Gasteiger partial charge in [0, 0.05) is 17.2 Å². The average Bonchev–Trinajstić information content (AvgIpc) is 3.36. The molecule has 4 aromatic rings. The molecule has 4 rings (SSSR count). The van der Waals surface area contributed by atoms with E-state index in [1.165, 1.54) is 11.8 Å². The number of nitrogens with one attached hydrogen (secondary N) is 2. The summed E-state index contributed by atoms with van der Waals surface area (Å²) >= 11 is 1.33. The molecule has 9 heteroatoms. The minimum absolute atomic E-state index is 0.190. The maximum Gasteiger partial charge on any atom is 0.237 e. The lowest BCUT2D eigenvalue weighted by atomic mass is 10.0. The molecular formula is C28H29N3O5S. The van der Waals surface area contributed by atoms with Crippen LogP contribution in [0.2, 0.25) is 0 Å². The number of rotatable bonds is 10. The van der Waals surface area contributed by atoms with Crippen LogP contribution in [0.1, 0.15) is 6.92 Å². The molecule has 3 aromatic carbocycles. The van der Waals surface area contributed by atoms with Crippen molar-refractivity contribution in [2.75, 3.05) is 33.8 Å². The van der Waals surface area contributed by atoms with Crippen LogP contribution in [0.15, 0.2) is 71.9 Å². The van der Waals surface area contributed by atoms with Gasteiger partial charge in [0.25, 0.3) is 0 Å². The van der Waals surface area contributed by atoms with Crippen molar-refractivity contribution in [1.29, 1.82) is 0 Å². The third kappa shape index (κ3) is 6.00. The summed E-state index contributed by atoms with van der Waals surface area (Å²) in [5.41, 5.74) is 4.03. The van der Waals surface area contributed by atoms with Crippen LogP contribution < -0.4 is 24.3 Å². The maximum atomic E-state index is 13.1. The van der Waals surface area contributed by atoms with Crippen LogP contribution in [-0.4, -0.2) is 49.6 Å². The molecule has 1 heterocycles. The van der Waals surface area contributed by atoms with Crippen molar-refractivity contribution in [2.24, 2.45) is 0 Å². The summed E-state index contributed by atoms with van der Waals surface area (Å²) in [5, 5.41) is 3.10. The minimum Gasteiger partial charge on any atom is -0.497 e. The number of nitrogens with zero attached hydrogens (tertiary/aromatic N) is 1. The van der Waals surface area contributed by atoms with Gasteiger partial charge in [-0.15, -0.1) is 0 Å². The van der Waals surface area contributed by atoms with Crippen molar-refractivity contribution in [3.8, 4) is 45.5 Å². The fourth-order valence-corrected chi connectivity index (χ4v) is 4.50. The number of methoxy groups -OCH3 is 4. The van der Waals surface area contributed by atoms with Gasteiger partial charge in [0.2, 0.25) is 5.91 Å². The topological polar surface area (TPSA) is 94.7 Å². The SMILES string of the molecule is COc1ccc(-c2nc(SC(C)C(=O)Nc3cc(OC)ccc3OC)[nH]c2-c2ccc(OC)cc2)cc1. The number of amides is 1. The molecule has 0 saturated carbocycles. The maximum absolute atomic E-state index is 13.1. The number of ether oxygens (including phenoxy) is 4. The molecule has 0 aliphatic rings. The molecule has 1 unspecified atom stereocenters. The molecule has 0 radical (unpaired) electrons. The number of carbonyl (C=O) groups is 1. The van der Waals surface area contributed by atoms with E-state index in [0.717, 1.165) is 34.0 Å². The molecular weight excluding hydrogens is 490 g/mol. The Kier molecular flexibility index (Phi) is 8.25. The highest BCUT2D eigenvalue weighted by Crippen LogP contribution is 2.36. The molecule has 1 amide bonds. The predicted molar refractivity (Wildman–Crippen MR) is 146 cm³/mol. The second-order valence-corrected chi connectivity index (χ2v) is 9.37. The number of thioether (sulfide) groups is 1. The monoisotopic (exact) mass is 519 g/mol. The Balaban J connectivity index is 1.61. The van der Waals surface area contributed by atoms with Gasteiger partial charge in [0.05, 0.1) is 50.8 Å². The Morgan fingerprint density at radius 1 is 0.811 bits per heavy atom.